The van der Waals surface area contributed by atoms with Crippen molar-refractivity contribution in [3.63, 3.8) is 0 Å². The summed E-state index contributed by atoms with van der Waals surface area (Å²) in [6, 6.07) is 12.6. The Morgan fingerprint density at radius 1 is 1.16 bits per heavy atom. The van der Waals surface area contributed by atoms with E-state index in [1.807, 2.05) is 31.2 Å². The standard InChI is InChI=1S/C16H16O3/c1-11-8-9-13(14(10-17)16(11)19-2)15(18)12-6-4-3-5-7-12/h3-9,17H,10H2,1-2H3. The first-order chi connectivity index (χ1) is 9.19. The highest BCUT2D eigenvalue weighted by atomic mass is 16.5. The van der Waals surface area contributed by atoms with Gasteiger partial charge in [-0.05, 0) is 12.5 Å². The molecule has 2 aromatic carbocycles. The zero-order valence-corrected chi connectivity index (χ0v) is 11.0. The van der Waals surface area contributed by atoms with Crippen LogP contribution in [0.15, 0.2) is 42.5 Å². The fourth-order valence-electron chi connectivity index (χ4n) is 2.14. The number of benzene rings is 2. The van der Waals surface area contributed by atoms with Crippen molar-refractivity contribution >= 4 is 5.78 Å². The highest BCUT2D eigenvalue weighted by molar-refractivity contribution is 6.10. The number of aliphatic hydroxyl groups excluding tert-OH is 1. The summed E-state index contributed by atoms with van der Waals surface area (Å²) in [5.41, 5.74) is 2.52. The Morgan fingerprint density at radius 3 is 2.42 bits per heavy atom. The SMILES string of the molecule is COc1c(C)ccc(C(=O)c2ccccc2)c1CO. The Labute approximate surface area is 112 Å². The van der Waals surface area contributed by atoms with Gasteiger partial charge in [0.1, 0.15) is 5.75 Å². The van der Waals surface area contributed by atoms with E-state index in [2.05, 4.69) is 0 Å². The summed E-state index contributed by atoms with van der Waals surface area (Å²) in [6.45, 7) is 1.66. The Balaban J connectivity index is 2.54. The summed E-state index contributed by atoms with van der Waals surface area (Å²) in [6.07, 6.45) is 0. The van der Waals surface area contributed by atoms with E-state index >= 15 is 0 Å². The van der Waals surface area contributed by atoms with Crippen LogP contribution in [0.5, 0.6) is 5.75 Å². The lowest BCUT2D eigenvalue weighted by Crippen LogP contribution is -2.08. The van der Waals surface area contributed by atoms with Crippen molar-refractivity contribution in [3.8, 4) is 5.75 Å². The molecule has 2 rings (SSSR count). The molecular weight excluding hydrogens is 240 g/mol. The zero-order valence-electron chi connectivity index (χ0n) is 11.0. The van der Waals surface area contributed by atoms with Gasteiger partial charge in [-0.2, -0.15) is 0 Å². The molecule has 0 aliphatic heterocycles. The van der Waals surface area contributed by atoms with Crippen LogP contribution in [0, 0.1) is 6.92 Å². The summed E-state index contributed by atoms with van der Waals surface area (Å²) in [5, 5.41) is 9.52. The van der Waals surface area contributed by atoms with E-state index in [0.717, 1.165) is 5.56 Å². The van der Waals surface area contributed by atoms with Crippen LogP contribution >= 0.6 is 0 Å². The maximum Gasteiger partial charge on any atom is 0.193 e. The molecular formula is C16H16O3. The van der Waals surface area contributed by atoms with Crippen LogP contribution in [0.2, 0.25) is 0 Å². The molecule has 0 aliphatic carbocycles. The lowest BCUT2D eigenvalue weighted by molar-refractivity contribution is 0.103. The van der Waals surface area contributed by atoms with Crippen molar-refractivity contribution in [2.24, 2.45) is 0 Å². The minimum atomic E-state index is -0.223. The predicted molar refractivity (Wildman–Crippen MR) is 73.5 cm³/mol. The molecule has 0 aromatic heterocycles. The number of methoxy groups -OCH3 is 1. The third-order valence-electron chi connectivity index (χ3n) is 3.10. The average Bonchev–Trinajstić information content (AvgIpc) is 2.47. The van der Waals surface area contributed by atoms with Crippen molar-refractivity contribution in [2.75, 3.05) is 7.11 Å². The highest BCUT2D eigenvalue weighted by Gasteiger charge is 2.17. The van der Waals surface area contributed by atoms with Gasteiger partial charge in [0.25, 0.3) is 0 Å². The van der Waals surface area contributed by atoms with E-state index in [0.29, 0.717) is 22.4 Å². The minimum Gasteiger partial charge on any atom is -0.496 e. The monoisotopic (exact) mass is 256 g/mol. The second kappa shape index (κ2) is 5.67. The van der Waals surface area contributed by atoms with Crippen LogP contribution in [0.1, 0.15) is 27.0 Å². The molecule has 3 nitrogen and oxygen atoms in total. The molecule has 0 saturated carbocycles. The smallest absolute Gasteiger partial charge is 0.193 e. The van der Waals surface area contributed by atoms with Gasteiger partial charge in [-0.1, -0.05) is 42.5 Å². The van der Waals surface area contributed by atoms with Crippen molar-refractivity contribution in [1.82, 2.24) is 0 Å². The predicted octanol–water partition coefficient (Wildman–Crippen LogP) is 2.73. The topological polar surface area (TPSA) is 46.5 Å². The molecule has 0 amide bonds. The van der Waals surface area contributed by atoms with E-state index in [4.69, 9.17) is 4.74 Å². The van der Waals surface area contributed by atoms with Crippen LogP contribution in [0.4, 0.5) is 0 Å². The fraction of sp³-hybridized carbons (Fsp3) is 0.188. The maximum atomic E-state index is 12.4. The quantitative estimate of drug-likeness (QED) is 0.855. The number of hydrogen-bond acceptors (Lipinski definition) is 3. The molecule has 3 heteroatoms. The van der Waals surface area contributed by atoms with E-state index in [1.165, 1.54) is 7.11 Å². The van der Waals surface area contributed by atoms with Gasteiger partial charge in [0.05, 0.1) is 13.7 Å². The Kier molecular flexibility index (Phi) is 3.97. The molecule has 1 N–H and O–H groups in total. The largest absolute Gasteiger partial charge is 0.496 e. The molecule has 0 bridgehead atoms. The average molecular weight is 256 g/mol. The van der Waals surface area contributed by atoms with Gasteiger partial charge >= 0.3 is 0 Å². The Morgan fingerprint density at radius 2 is 1.84 bits per heavy atom. The van der Waals surface area contributed by atoms with Gasteiger partial charge in [0, 0.05) is 16.7 Å². The zero-order chi connectivity index (χ0) is 13.8. The molecule has 0 radical (unpaired) electrons. The van der Waals surface area contributed by atoms with Crippen LogP contribution in [0.3, 0.4) is 0 Å². The van der Waals surface area contributed by atoms with Crippen molar-refractivity contribution < 1.29 is 14.6 Å². The third kappa shape index (κ3) is 2.51. The summed E-state index contributed by atoms with van der Waals surface area (Å²) in [7, 11) is 1.54. The van der Waals surface area contributed by atoms with Gasteiger partial charge in [-0.15, -0.1) is 0 Å². The number of aliphatic hydroxyl groups is 1. The first kappa shape index (κ1) is 13.3. The van der Waals surface area contributed by atoms with Crippen molar-refractivity contribution in [3.05, 3.63) is 64.7 Å². The van der Waals surface area contributed by atoms with Crippen LogP contribution in [-0.4, -0.2) is 18.0 Å². The second-order valence-corrected chi connectivity index (χ2v) is 4.30. The number of hydrogen-bond donors (Lipinski definition) is 1. The molecule has 98 valence electrons. The number of ketones is 1. The summed E-state index contributed by atoms with van der Waals surface area (Å²) in [5.74, 6) is 0.465. The first-order valence-corrected chi connectivity index (χ1v) is 6.06. The molecule has 0 saturated heterocycles. The molecule has 0 atom stereocenters. The number of aryl methyl sites for hydroxylation is 1. The van der Waals surface area contributed by atoms with Gasteiger partial charge in [0.15, 0.2) is 5.78 Å². The van der Waals surface area contributed by atoms with Crippen LogP contribution < -0.4 is 4.74 Å². The molecule has 19 heavy (non-hydrogen) atoms. The van der Waals surface area contributed by atoms with Crippen molar-refractivity contribution in [2.45, 2.75) is 13.5 Å². The summed E-state index contributed by atoms with van der Waals surface area (Å²) < 4.78 is 5.28. The fourth-order valence-corrected chi connectivity index (χ4v) is 2.14. The number of ether oxygens (including phenoxy) is 1. The third-order valence-corrected chi connectivity index (χ3v) is 3.10. The first-order valence-electron chi connectivity index (χ1n) is 6.06. The number of carbonyl (C=O) groups excluding carboxylic acids is 1. The Bertz CT molecular complexity index is 588. The Hall–Kier alpha value is -2.13. The second-order valence-electron chi connectivity index (χ2n) is 4.30. The normalized spacial score (nSPS) is 10.3. The lowest BCUT2D eigenvalue weighted by atomic mass is 9.96. The van der Waals surface area contributed by atoms with Gasteiger partial charge < -0.3 is 9.84 Å². The molecule has 0 heterocycles. The van der Waals surface area contributed by atoms with Gasteiger partial charge in [-0.3, -0.25) is 4.79 Å². The molecule has 0 aliphatic rings. The number of rotatable bonds is 4. The summed E-state index contributed by atoms with van der Waals surface area (Å²) >= 11 is 0. The van der Waals surface area contributed by atoms with E-state index < -0.39 is 0 Å². The van der Waals surface area contributed by atoms with E-state index in [9.17, 15) is 9.90 Å². The van der Waals surface area contributed by atoms with Crippen LogP contribution in [-0.2, 0) is 6.61 Å². The maximum absolute atomic E-state index is 12.4. The lowest BCUT2D eigenvalue weighted by Gasteiger charge is -2.14. The summed E-state index contributed by atoms with van der Waals surface area (Å²) in [4.78, 5) is 12.4. The van der Waals surface area contributed by atoms with Gasteiger partial charge in [0.2, 0.25) is 0 Å². The van der Waals surface area contributed by atoms with Crippen molar-refractivity contribution in [1.29, 1.82) is 0 Å². The van der Waals surface area contributed by atoms with E-state index in [1.54, 1.807) is 18.2 Å². The van der Waals surface area contributed by atoms with Crippen LogP contribution in [0.25, 0.3) is 0 Å². The minimum absolute atomic E-state index is 0.108. The highest BCUT2D eigenvalue weighted by Crippen LogP contribution is 2.28. The molecule has 2 aromatic rings. The molecule has 0 fully saturated rings. The van der Waals surface area contributed by atoms with E-state index in [-0.39, 0.29) is 12.4 Å². The molecule has 0 unspecified atom stereocenters. The molecule has 0 spiro atoms. The van der Waals surface area contributed by atoms with Gasteiger partial charge in [-0.25, -0.2) is 0 Å². The number of carbonyl (C=O) groups is 1.